The molecule has 1 atom stereocenters. The minimum absolute atomic E-state index is 0.150. The lowest BCUT2D eigenvalue weighted by Gasteiger charge is -2.42. The Labute approximate surface area is 192 Å². The van der Waals surface area contributed by atoms with Crippen LogP contribution in [0.1, 0.15) is 42.7 Å². The molecule has 1 amide bonds. The molecule has 2 heterocycles. The number of ether oxygens (including phenoxy) is 1. The number of methoxy groups -OCH3 is 1. The van der Waals surface area contributed by atoms with E-state index in [2.05, 4.69) is 47.4 Å². The minimum Gasteiger partial charge on any atom is -0.497 e. The van der Waals surface area contributed by atoms with Crippen molar-refractivity contribution in [3.8, 4) is 5.75 Å². The fourth-order valence-corrected chi connectivity index (χ4v) is 5.32. The van der Waals surface area contributed by atoms with Gasteiger partial charge >= 0.3 is 0 Å². The highest BCUT2D eigenvalue weighted by molar-refractivity contribution is 5.78. The summed E-state index contributed by atoms with van der Waals surface area (Å²) in [5.41, 5.74) is 2.40. The van der Waals surface area contributed by atoms with Crippen molar-refractivity contribution in [3.63, 3.8) is 0 Å². The number of aliphatic hydroxyl groups is 1. The first-order chi connectivity index (χ1) is 15.6. The number of benzene rings is 2. The highest BCUT2D eigenvalue weighted by Crippen LogP contribution is 2.35. The maximum absolute atomic E-state index is 13.1. The summed E-state index contributed by atoms with van der Waals surface area (Å²) in [7, 11) is 1.68. The number of aliphatic hydroxyl groups excluding tert-OH is 1. The molecule has 32 heavy (non-hydrogen) atoms. The Morgan fingerprint density at radius 1 is 1.09 bits per heavy atom. The van der Waals surface area contributed by atoms with Crippen LogP contribution in [-0.2, 0) is 11.2 Å². The van der Waals surface area contributed by atoms with E-state index in [1.54, 1.807) is 7.11 Å². The zero-order chi connectivity index (χ0) is 22.4. The number of nitrogens with zero attached hydrogens (tertiary/aromatic N) is 2. The van der Waals surface area contributed by atoms with E-state index >= 15 is 0 Å². The molecule has 2 aliphatic heterocycles. The molecule has 2 fully saturated rings. The molecule has 0 radical (unpaired) electrons. The van der Waals surface area contributed by atoms with Crippen molar-refractivity contribution in [3.05, 3.63) is 65.7 Å². The number of piperidine rings is 2. The van der Waals surface area contributed by atoms with Crippen LogP contribution in [0.4, 0.5) is 0 Å². The third-order valence-electron chi connectivity index (χ3n) is 7.36. The molecule has 172 valence electrons. The van der Waals surface area contributed by atoms with E-state index in [1.807, 2.05) is 17.0 Å². The highest BCUT2D eigenvalue weighted by Gasteiger charge is 2.36. The first-order valence-corrected chi connectivity index (χ1v) is 11.9. The summed E-state index contributed by atoms with van der Waals surface area (Å²) in [6.07, 6.45) is 4.81. The first kappa shape index (κ1) is 22.8. The third kappa shape index (κ3) is 5.51. The maximum atomic E-state index is 13.1. The Morgan fingerprint density at radius 3 is 2.59 bits per heavy atom. The van der Waals surface area contributed by atoms with Crippen LogP contribution in [0.25, 0.3) is 0 Å². The third-order valence-corrected chi connectivity index (χ3v) is 7.36. The molecule has 4 rings (SSSR count). The number of carbonyl (C=O) groups is 1. The molecular weight excluding hydrogens is 400 g/mol. The summed E-state index contributed by atoms with van der Waals surface area (Å²) in [6.45, 7) is 4.06. The summed E-state index contributed by atoms with van der Waals surface area (Å²) in [6, 6.07) is 18.8. The van der Waals surface area contributed by atoms with Crippen LogP contribution < -0.4 is 4.74 Å². The van der Waals surface area contributed by atoms with E-state index in [0.29, 0.717) is 12.5 Å². The second-order valence-electron chi connectivity index (χ2n) is 9.55. The molecule has 5 heteroatoms. The molecule has 0 aromatic heterocycles. The molecule has 0 aliphatic carbocycles. The van der Waals surface area contributed by atoms with Crippen molar-refractivity contribution in [2.45, 2.75) is 38.0 Å². The monoisotopic (exact) mass is 436 g/mol. The maximum Gasteiger partial charge on any atom is 0.236 e. The fraction of sp³-hybridized carbons (Fsp3) is 0.519. The molecule has 2 aliphatic rings. The average molecular weight is 437 g/mol. The van der Waals surface area contributed by atoms with Crippen molar-refractivity contribution in [1.29, 1.82) is 0 Å². The van der Waals surface area contributed by atoms with Gasteiger partial charge in [0.1, 0.15) is 5.75 Å². The number of hydrogen-bond donors (Lipinski definition) is 1. The molecule has 0 spiro atoms. The smallest absolute Gasteiger partial charge is 0.236 e. The Bertz CT molecular complexity index is 877. The van der Waals surface area contributed by atoms with E-state index in [0.717, 1.165) is 57.6 Å². The number of hydrogen-bond acceptors (Lipinski definition) is 4. The van der Waals surface area contributed by atoms with Crippen molar-refractivity contribution in [1.82, 2.24) is 9.80 Å². The lowest BCUT2D eigenvalue weighted by molar-refractivity contribution is -0.135. The Morgan fingerprint density at radius 2 is 1.88 bits per heavy atom. The largest absolute Gasteiger partial charge is 0.497 e. The quantitative estimate of drug-likeness (QED) is 0.719. The van der Waals surface area contributed by atoms with Gasteiger partial charge in [0.2, 0.25) is 5.91 Å². The van der Waals surface area contributed by atoms with Crippen LogP contribution in [0.3, 0.4) is 0 Å². The normalized spacial score (nSPS) is 21.3. The summed E-state index contributed by atoms with van der Waals surface area (Å²) in [4.78, 5) is 17.4. The molecule has 2 saturated heterocycles. The molecular formula is C27H36N2O3. The molecule has 1 N–H and O–H groups in total. The second kappa shape index (κ2) is 10.5. The molecule has 2 aromatic carbocycles. The SMILES string of the molecule is COc1cccc(CC2(CO)CCN(C(=O)CN3CCCC(c4ccccc4)C3)CC2)c1. The Hall–Kier alpha value is -2.37. The van der Waals surface area contributed by atoms with Crippen molar-refractivity contribution < 1.29 is 14.6 Å². The van der Waals surface area contributed by atoms with Gasteiger partial charge in [-0.05, 0) is 67.8 Å². The molecule has 0 bridgehead atoms. The average Bonchev–Trinajstić information content (AvgIpc) is 2.85. The van der Waals surface area contributed by atoms with Crippen molar-refractivity contribution in [2.75, 3.05) is 46.4 Å². The lowest BCUT2D eigenvalue weighted by Crippen LogP contribution is -2.49. The zero-order valence-corrected chi connectivity index (χ0v) is 19.2. The van der Waals surface area contributed by atoms with Gasteiger partial charge in [0.15, 0.2) is 0 Å². The number of amides is 1. The summed E-state index contributed by atoms with van der Waals surface area (Å²) in [5.74, 6) is 1.59. The topological polar surface area (TPSA) is 53.0 Å². The van der Waals surface area contributed by atoms with Crippen LogP contribution in [0.2, 0.25) is 0 Å². The van der Waals surface area contributed by atoms with Crippen molar-refractivity contribution >= 4 is 5.91 Å². The zero-order valence-electron chi connectivity index (χ0n) is 19.2. The van der Waals surface area contributed by atoms with Gasteiger partial charge in [-0.15, -0.1) is 0 Å². The molecule has 2 aromatic rings. The molecule has 5 nitrogen and oxygen atoms in total. The van der Waals surface area contributed by atoms with Gasteiger partial charge in [-0.1, -0.05) is 42.5 Å². The van der Waals surface area contributed by atoms with E-state index in [9.17, 15) is 9.90 Å². The fourth-order valence-electron chi connectivity index (χ4n) is 5.32. The predicted octanol–water partition coefficient (Wildman–Crippen LogP) is 3.72. The van der Waals surface area contributed by atoms with Gasteiger partial charge in [-0.25, -0.2) is 0 Å². The number of carbonyl (C=O) groups excluding carboxylic acids is 1. The van der Waals surface area contributed by atoms with Gasteiger partial charge in [-0.2, -0.15) is 0 Å². The van der Waals surface area contributed by atoms with Crippen LogP contribution >= 0.6 is 0 Å². The second-order valence-corrected chi connectivity index (χ2v) is 9.55. The van der Waals surface area contributed by atoms with Crippen LogP contribution in [0, 0.1) is 5.41 Å². The van der Waals surface area contributed by atoms with Crippen LogP contribution in [-0.4, -0.2) is 67.3 Å². The van der Waals surface area contributed by atoms with Gasteiger partial charge in [0.05, 0.1) is 13.7 Å². The summed E-state index contributed by atoms with van der Waals surface area (Å²) < 4.78 is 5.35. The summed E-state index contributed by atoms with van der Waals surface area (Å²) >= 11 is 0. The Balaban J connectivity index is 1.30. The van der Waals surface area contributed by atoms with Gasteiger partial charge < -0.3 is 14.7 Å². The van der Waals surface area contributed by atoms with Crippen LogP contribution in [0.5, 0.6) is 5.75 Å². The van der Waals surface area contributed by atoms with Gasteiger partial charge in [0.25, 0.3) is 0 Å². The lowest BCUT2D eigenvalue weighted by atomic mass is 9.74. The molecule has 1 unspecified atom stereocenters. The van der Waals surface area contributed by atoms with E-state index in [1.165, 1.54) is 17.5 Å². The number of rotatable bonds is 7. The summed E-state index contributed by atoms with van der Waals surface area (Å²) in [5, 5.41) is 10.2. The van der Waals surface area contributed by atoms with E-state index in [-0.39, 0.29) is 17.9 Å². The van der Waals surface area contributed by atoms with E-state index < -0.39 is 0 Å². The van der Waals surface area contributed by atoms with Gasteiger partial charge in [0, 0.05) is 31.7 Å². The Kier molecular flexibility index (Phi) is 7.48. The highest BCUT2D eigenvalue weighted by atomic mass is 16.5. The van der Waals surface area contributed by atoms with Gasteiger partial charge in [-0.3, -0.25) is 9.69 Å². The number of likely N-dealkylation sites (tertiary alicyclic amines) is 2. The minimum atomic E-state index is -0.160. The predicted molar refractivity (Wildman–Crippen MR) is 127 cm³/mol. The van der Waals surface area contributed by atoms with Crippen LogP contribution in [0.15, 0.2) is 54.6 Å². The van der Waals surface area contributed by atoms with E-state index in [4.69, 9.17) is 4.74 Å². The first-order valence-electron chi connectivity index (χ1n) is 11.9. The van der Waals surface area contributed by atoms with Crippen molar-refractivity contribution in [2.24, 2.45) is 5.41 Å². The molecule has 0 saturated carbocycles. The standard InChI is InChI=1S/C27H36N2O3/c1-32-25-11-5-7-22(17-25)18-27(21-30)12-15-29(16-13-27)26(31)20-28-14-6-10-24(19-28)23-8-3-2-4-9-23/h2-5,7-9,11,17,24,30H,6,10,12-16,18-21H2,1H3.